The van der Waals surface area contributed by atoms with Gasteiger partial charge in [-0.25, -0.2) is 0 Å². The fourth-order valence-corrected chi connectivity index (χ4v) is 4.72. The number of hydrogen-bond donors (Lipinski definition) is 0. The average molecular weight is 459 g/mol. The van der Waals surface area contributed by atoms with Crippen molar-refractivity contribution in [2.24, 2.45) is 0 Å². The Bertz CT molecular complexity index is 986. The largest absolute Gasteiger partial charge is 0.466 e. The smallest absolute Gasteiger partial charge is 0.306 e. The second-order valence-electron chi connectivity index (χ2n) is 9.40. The molecular formula is C29H34O3Si. The van der Waals surface area contributed by atoms with Gasteiger partial charge in [-0.3, -0.25) is 4.79 Å². The van der Waals surface area contributed by atoms with E-state index in [1.165, 1.54) is 0 Å². The summed E-state index contributed by atoms with van der Waals surface area (Å²) in [5.41, 5.74) is 3.57. The van der Waals surface area contributed by atoms with Crippen LogP contribution in [0.25, 0.3) is 0 Å². The van der Waals surface area contributed by atoms with Crippen molar-refractivity contribution in [3.63, 3.8) is 0 Å². The minimum absolute atomic E-state index is 0.0175. The molecule has 0 N–H and O–H groups in total. The summed E-state index contributed by atoms with van der Waals surface area (Å²) in [4.78, 5) is 12.1. The molecule has 2 radical (unpaired) electrons. The van der Waals surface area contributed by atoms with Gasteiger partial charge in [0.15, 0.2) is 0 Å². The van der Waals surface area contributed by atoms with Crippen LogP contribution in [0.1, 0.15) is 69.2 Å². The van der Waals surface area contributed by atoms with Crippen molar-refractivity contribution in [1.29, 1.82) is 0 Å². The molecule has 0 aliphatic heterocycles. The first-order valence-corrected chi connectivity index (χ1v) is 12.5. The summed E-state index contributed by atoms with van der Waals surface area (Å²) in [7, 11) is 0.283. The van der Waals surface area contributed by atoms with E-state index >= 15 is 0 Å². The summed E-state index contributed by atoms with van der Waals surface area (Å²) >= 11 is 0. The molecule has 3 aromatic carbocycles. The van der Waals surface area contributed by atoms with Crippen LogP contribution in [0.5, 0.6) is 0 Å². The molecule has 1 atom stereocenters. The van der Waals surface area contributed by atoms with Gasteiger partial charge in [0.05, 0.1) is 13.0 Å². The molecule has 0 aromatic heterocycles. The molecule has 3 rings (SSSR count). The third kappa shape index (κ3) is 6.21. The molecule has 1 unspecified atom stereocenters. The number of benzene rings is 3. The second-order valence-corrected chi connectivity index (χ2v) is 11.3. The maximum Gasteiger partial charge on any atom is 0.306 e. The van der Waals surface area contributed by atoms with Gasteiger partial charge in [-0.05, 0) is 40.1 Å². The second kappa shape index (κ2) is 11.0. The number of esters is 1. The standard InChI is InChI=1S/C29H34O3Si/c1-6-31-27(30)20-22(2)23-14-13-19-26(21-23)29(32-33-28(3,4)5,24-15-9-7-10-16-24)25-17-11-8-12-18-25/h7-19,21-22H,6,20H2,1-5H3. The fraction of sp³-hybridized carbons (Fsp3) is 0.345. The van der Waals surface area contributed by atoms with E-state index in [1.54, 1.807) is 0 Å². The SMILES string of the molecule is CCOC(=O)CC(C)c1cccc(C(O[Si]C(C)(C)C)(c2ccccc2)c2ccccc2)c1. The molecule has 3 nitrogen and oxygen atoms in total. The van der Waals surface area contributed by atoms with E-state index in [0.29, 0.717) is 13.0 Å². The van der Waals surface area contributed by atoms with Crippen molar-refractivity contribution < 1.29 is 14.0 Å². The van der Waals surface area contributed by atoms with E-state index in [2.05, 4.69) is 100 Å². The molecule has 0 spiro atoms. The Morgan fingerprint density at radius 3 is 1.91 bits per heavy atom. The maximum atomic E-state index is 12.1. The zero-order valence-corrected chi connectivity index (χ0v) is 21.3. The van der Waals surface area contributed by atoms with E-state index in [-0.39, 0.29) is 26.7 Å². The number of hydrogen-bond acceptors (Lipinski definition) is 3. The van der Waals surface area contributed by atoms with Crippen LogP contribution in [0.3, 0.4) is 0 Å². The highest BCUT2D eigenvalue weighted by molar-refractivity contribution is 6.32. The molecule has 0 heterocycles. The van der Waals surface area contributed by atoms with Gasteiger partial charge in [0, 0.05) is 0 Å². The van der Waals surface area contributed by atoms with Crippen molar-refractivity contribution >= 4 is 15.7 Å². The molecule has 0 bridgehead atoms. The normalized spacial score (nSPS) is 12.9. The van der Waals surface area contributed by atoms with Crippen molar-refractivity contribution in [3.8, 4) is 0 Å². The zero-order chi connectivity index (χ0) is 23.9. The van der Waals surface area contributed by atoms with Gasteiger partial charge in [-0.15, -0.1) is 0 Å². The monoisotopic (exact) mass is 458 g/mol. The van der Waals surface area contributed by atoms with E-state index in [1.807, 2.05) is 19.1 Å². The molecule has 0 fully saturated rings. The summed E-state index contributed by atoms with van der Waals surface area (Å²) in [5.74, 6) is -0.128. The third-order valence-corrected chi connectivity index (χ3v) is 6.53. The summed E-state index contributed by atoms with van der Waals surface area (Å²) in [6, 6.07) is 29.3. The number of carbonyl (C=O) groups is 1. The summed E-state index contributed by atoms with van der Waals surface area (Å²) < 4.78 is 12.1. The van der Waals surface area contributed by atoms with Gasteiger partial charge in [0.25, 0.3) is 0 Å². The highest BCUT2D eigenvalue weighted by Gasteiger charge is 2.39. The topological polar surface area (TPSA) is 35.5 Å². The first kappa shape index (κ1) is 24.9. The van der Waals surface area contributed by atoms with Crippen LogP contribution in [-0.2, 0) is 19.6 Å². The van der Waals surface area contributed by atoms with Crippen LogP contribution < -0.4 is 0 Å². The molecule has 3 aromatic rings. The number of ether oxygens (including phenoxy) is 1. The van der Waals surface area contributed by atoms with Gasteiger partial charge >= 0.3 is 5.97 Å². The lowest BCUT2D eigenvalue weighted by atomic mass is 9.79. The molecule has 172 valence electrons. The van der Waals surface area contributed by atoms with E-state index in [9.17, 15) is 4.79 Å². The van der Waals surface area contributed by atoms with Crippen molar-refractivity contribution in [3.05, 3.63) is 107 Å². The van der Waals surface area contributed by atoms with Crippen LogP contribution in [-0.4, -0.2) is 22.3 Å². The summed E-state index contributed by atoms with van der Waals surface area (Å²) in [6.07, 6.45) is 0.353. The number of carbonyl (C=O) groups excluding carboxylic acids is 1. The molecule has 0 saturated heterocycles. The molecule has 0 aliphatic carbocycles. The predicted molar refractivity (Wildman–Crippen MR) is 135 cm³/mol. The van der Waals surface area contributed by atoms with Crippen LogP contribution in [0, 0.1) is 0 Å². The van der Waals surface area contributed by atoms with Gasteiger partial charge in [0.1, 0.15) is 5.60 Å². The average Bonchev–Trinajstić information content (AvgIpc) is 2.80. The summed E-state index contributed by atoms with van der Waals surface area (Å²) in [6.45, 7) is 10.9. The van der Waals surface area contributed by atoms with Crippen molar-refractivity contribution in [2.45, 2.75) is 57.6 Å². The molecule has 0 amide bonds. The lowest BCUT2D eigenvalue weighted by Gasteiger charge is -2.38. The third-order valence-electron chi connectivity index (χ3n) is 5.51. The van der Waals surface area contributed by atoms with E-state index in [0.717, 1.165) is 22.3 Å². The van der Waals surface area contributed by atoms with Gasteiger partial charge in [-0.1, -0.05) is 113 Å². The Balaban J connectivity index is 2.16. The lowest BCUT2D eigenvalue weighted by Crippen LogP contribution is -2.36. The molecule has 33 heavy (non-hydrogen) atoms. The minimum atomic E-state index is -0.756. The van der Waals surface area contributed by atoms with E-state index < -0.39 is 5.60 Å². The van der Waals surface area contributed by atoms with Gasteiger partial charge in [0.2, 0.25) is 9.76 Å². The maximum absolute atomic E-state index is 12.1. The number of rotatable bonds is 9. The quantitative estimate of drug-likeness (QED) is 0.199. The highest BCUT2D eigenvalue weighted by Crippen LogP contribution is 2.42. The molecular weight excluding hydrogens is 424 g/mol. The molecule has 0 aliphatic rings. The lowest BCUT2D eigenvalue weighted by molar-refractivity contribution is -0.143. The predicted octanol–water partition coefficient (Wildman–Crippen LogP) is 6.89. The fourth-order valence-electron chi connectivity index (χ4n) is 3.90. The van der Waals surface area contributed by atoms with Crippen LogP contribution in [0.2, 0.25) is 5.04 Å². The first-order chi connectivity index (χ1) is 15.8. The Morgan fingerprint density at radius 2 is 1.39 bits per heavy atom. The van der Waals surface area contributed by atoms with Crippen LogP contribution in [0.15, 0.2) is 84.9 Å². The Morgan fingerprint density at radius 1 is 0.848 bits per heavy atom. The van der Waals surface area contributed by atoms with Crippen molar-refractivity contribution in [2.75, 3.05) is 6.61 Å². The summed E-state index contributed by atoms with van der Waals surface area (Å²) in [5, 5.41) is 0.0175. The van der Waals surface area contributed by atoms with Gasteiger partial charge < -0.3 is 9.16 Å². The Labute approximate surface area is 201 Å². The zero-order valence-electron chi connectivity index (χ0n) is 20.3. The Kier molecular flexibility index (Phi) is 8.28. The van der Waals surface area contributed by atoms with Crippen LogP contribution in [0.4, 0.5) is 0 Å². The van der Waals surface area contributed by atoms with Gasteiger partial charge in [-0.2, -0.15) is 0 Å². The minimum Gasteiger partial charge on any atom is -0.466 e. The van der Waals surface area contributed by atoms with E-state index in [4.69, 9.17) is 9.16 Å². The Hall–Kier alpha value is -2.69. The highest BCUT2D eigenvalue weighted by atomic mass is 28.2. The van der Waals surface area contributed by atoms with Crippen LogP contribution >= 0.6 is 0 Å². The van der Waals surface area contributed by atoms with Crippen molar-refractivity contribution in [1.82, 2.24) is 0 Å². The first-order valence-electron chi connectivity index (χ1n) is 11.6. The molecule has 0 saturated carbocycles. The molecule has 4 heteroatoms.